The molecule has 0 aliphatic heterocycles. The number of aliphatic hydroxyl groups excluding tert-OH is 1. The van der Waals surface area contributed by atoms with Gasteiger partial charge in [-0.05, 0) is 19.0 Å². The molecule has 0 spiro atoms. The van der Waals surface area contributed by atoms with Crippen LogP contribution in [0, 0.1) is 5.82 Å². The van der Waals surface area contributed by atoms with E-state index in [0.29, 0.717) is 12.1 Å². The lowest BCUT2D eigenvalue weighted by molar-refractivity contribution is 0.170. The van der Waals surface area contributed by atoms with Gasteiger partial charge in [0.25, 0.3) is 0 Å². The summed E-state index contributed by atoms with van der Waals surface area (Å²) in [5, 5.41) is 13.1. The Bertz CT molecular complexity index is 343. The highest BCUT2D eigenvalue weighted by Gasteiger charge is 2.10. The molecule has 1 aromatic rings. The Morgan fingerprint density at radius 2 is 1.79 bits per heavy atom. The molecule has 2 N–H and O–H groups in total. The van der Waals surface area contributed by atoms with E-state index in [9.17, 15) is 9.50 Å². The van der Waals surface area contributed by atoms with E-state index in [1.165, 1.54) is 38.2 Å². The summed E-state index contributed by atoms with van der Waals surface area (Å²) in [6, 6.07) is 6.39. The smallest absolute Gasteiger partial charge is 0.129 e. The van der Waals surface area contributed by atoms with Crippen LogP contribution in [-0.2, 0) is 0 Å². The van der Waals surface area contributed by atoms with Gasteiger partial charge in [-0.15, -0.1) is 0 Å². The number of aliphatic hydroxyl groups is 1. The van der Waals surface area contributed by atoms with Crippen LogP contribution in [0.1, 0.15) is 57.1 Å². The van der Waals surface area contributed by atoms with Crippen LogP contribution in [0.2, 0.25) is 0 Å². The van der Waals surface area contributed by atoms with Gasteiger partial charge in [0.15, 0.2) is 0 Å². The predicted molar refractivity (Wildman–Crippen MR) is 77.6 cm³/mol. The van der Waals surface area contributed by atoms with E-state index in [0.717, 1.165) is 13.0 Å². The Balaban J connectivity index is 2.08. The van der Waals surface area contributed by atoms with Gasteiger partial charge >= 0.3 is 0 Å². The summed E-state index contributed by atoms with van der Waals surface area (Å²) in [5.41, 5.74) is 0.373. The summed E-state index contributed by atoms with van der Waals surface area (Å²) >= 11 is 0. The Morgan fingerprint density at radius 1 is 1.11 bits per heavy atom. The lowest BCUT2D eigenvalue weighted by Gasteiger charge is -2.12. The molecule has 1 unspecified atom stereocenters. The minimum atomic E-state index is -0.763. The highest BCUT2D eigenvalue weighted by molar-refractivity contribution is 5.19. The molecule has 1 atom stereocenters. The zero-order valence-corrected chi connectivity index (χ0v) is 11.9. The number of hydrogen-bond donors (Lipinski definition) is 2. The van der Waals surface area contributed by atoms with Gasteiger partial charge in [0, 0.05) is 12.1 Å². The fraction of sp³-hybridized carbons (Fsp3) is 0.625. The van der Waals surface area contributed by atoms with E-state index in [1.54, 1.807) is 18.2 Å². The quantitative estimate of drug-likeness (QED) is 0.632. The number of unbranched alkanes of at least 4 members (excludes halogenated alkanes) is 5. The Hall–Kier alpha value is -0.930. The second-order valence-corrected chi connectivity index (χ2v) is 5.01. The molecule has 19 heavy (non-hydrogen) atoms. The fourth-order valence-electron chi connectivity index (χ4n) is 2.12. The summed E-state index contributed by atoms with van der Waals surface area (Å²) in [6.45, 7) is 3.51. The first-order valence-electron chi connectivity index (χ1n) is 7.39. The normalized spacial score (nSPS) is 12.6. The Morgan fingerprint density at radius 3 is 2.53 bits per heavy atom. The highest BCUT2D eigenvalue weighted by atomic mass is 19.1. The molecule has 0 amide bonds. The van der Waals surface area contributed by atoms with Crippen LogP contribution in [0.5, 0.6) is 0 Å². The van der Waals surface area contributed by atoms with Crippen molar-refractivity contribution in [2.45, 2.75) is 51.6 Å². The van der Waals surface area contributed by atoms with Crippen molar-refractivity contribution in [3.05, 3.63) is 35.6 Å². The van der Waals surface area contributed by atoms with Crippen molar-refractivity contribution in [3.63, 3.8) is 0 Å². The Kier molecular flexibility index (Phi) is 8.43. The van der Waals surface area contributed by atoms with Crippen LogP contribution in [0.15, 0.2) is 24.3 Å². The first-order valence-corrected chi connectivity index (χ1v) is 7.39. The molecule has 108 valence electrons. The number of halogens is 1. The maximum atomic E-state index is 13.4. The van der Waals surface area contributed by atoms with Gasteiger partial charge in [-0.2, -0.15) is 0 Å². The number of hydrogen-bond acceptors (Lipinski definition) is 2. The third kappa shape index (κ3) is 6.69. The zero-order chi connectivity index (χ0) is 13.9. The molecular weight excluding hydrogens is 241 g/mol. The largest absolute Gasteiger partial charge is 0.387 e. The van der Waals surface area contributed by atoms with Crippen LogP contribution in [0.4, 0.5) is 4.39 Å². The van der Waals surface area contributed by atoms with Crippen molar-refractivity contribution in [1.29, 1.82) is 0 Å². The summed E-state index contributed by atoms with van der Waals surface area (Å²) in [6.07, 6.45) is 6.77. The molecule has 3 heteroatoms. The van der Waals surface area contributed by atoms with Crippen molar-refractivity contribution < 1.29 is 9.50 Å². The molecule has 1 rings (SSSR count). The Labute approximate surface area is 116 Å². The van der Waals surface area contributed by atoms with E-state index in [4.69, 9.17) is 0 Å². The lowest BCUT2D eigenvalue weighted by Crippen LogP contribution is -2.23. The van der Waals surface area contributed by atoms with Crippen molar-refractivity contribution in [2.24, 2.45) is 0 Å². The molecule has 0 bridgehead atoms. The van der Waals surface area contributed by atoms with Crippen molar-refractivity contribution in [3.8, 4) is 0 Å². The van der Waals surface area contributed by atoms with Gasteiger partial charge in [-0.1, -0.05) is 57.2 Å². The third-order valence-corrected chi connectivity index (χ3v) is 3.31. The number of nitrogens with one attached hydrogen (secondary N) is 1. The maximum Gasteiger partial charge on any atom is 0.129 e. The van der Waals surface area contributed by atoms with Gasteiger partial charge in [0.2, 0.25) is 0 Å². The van der Waals surface area contributed by atoms with Gasteiger partial charge in [0.05, 0.1) is 6.10 Å². The second-order valence-electron chi connectivity index (χ2n) is 5.01. The highest BCUT2D eigenvalue weighted by Crippen LogP contribution is 2.15. The third-order valence-electron chi connectivity index (χ3n) is 3.31. The van der Waals surface area contributed by atoms with Crippen LogP contribution in [0.25, 0.3) is 0 Å². The monoisotopic (exact) mass is 267 g/mol. The van der Waals surface area contributed by atoms with Crippen LogP contribution in [-0.4, -0.2) is 18.2 Å². The molecule has 0 aliphatic carbocycles. The summed E-state index contributed by atoms with van der Waals surface area (Å²) in [5.74, 6) is -0.337. The number of rotatable bonds is 10. The predicted octanol–water partition coefficient (Wildman–Crippen LogP) is 3.81. The van der Waals surface area contributed by atoms with Crippen molar-refractivity contribution in [1.82, 2.24) is 5.32 Å². The summed E-state index contributed by atoms with van der Waals surface area (Å²) in [7, 11) is 0. The molecule has 2 nitrogen and oxygen atoms in total. The molecular formula is C16H26FNO. The molecule has 0 heterocycles. The van der Waals surface area contributed by atoms with Gasteiger partial charge in [-0.25, -0.2) is 4.39 Å². The van der Waals surface area contributed by atoms with Crippen LogP contribution in [0.3, 0.4) is 0 Å². The molecule has 0 aromatic heterocycles. The topological polar surface area (TPSA) is 32.3 Å². The maximum absolute atomic E-state index is 13.4. The molecule has 0 aliphatic rings. The SMILES string of the molecule is CCCCCCCCNCC(O)c1ccccc1F. The van der Waals surface area contributed by atoms with E-state index in [-0.39, 0.29) is 5.82 Å². The average molecular weight is 267 g/mol. The number of benzene rings is 1. The van der Waals surface area contributed by atoms with E-state index >= 15 is 0 Å². The minimum absolute atomic E-state index is 0.337. The second kappa shape index (κ2) is 9.93. The first kappa shape index (κ1) is 16.1. The van der Waals surface area contributed by atoms with E-state index < -0.39 is 6.10 Å². The van der Waals surface area contributed by atoms with Gasteiger partial charge in [-0.3, -0.25) is 0 Å². The molecule has 0 saturated carbocycles. The molecule has 1 aromatic carbocycles. The fourth-order valence-corrected chi connectivity index (χ4v) is 2.12. The van der Waals surface area contributed by atoms with Crippen LogP contribution >= 0.6 is 0 Å². The van der Waals surface area contributed by atoms with Gasteiger partial charge in [0.1, 0.15) is 5.82 Å². The first-order chi connectivity index (χ1) is 9.25. The van der Waals surface area contributed by atoms with Crippen LogP contribution < -0.4 is 5.32 Å². The average Bonchev–Trinajstić information content (AvgIpc) is 2.42. The lowest BCUT2D eigenvalue weighted by atomic mass is 10.1. The van der Waals surface area contributed by atoms with E-state index in [2.05, 4.69) is 12.2 Å². The zero-order valence-electron chi connectivity index (χ0n) is 11.9. The standard InChI is InChI=1S/C16H26FNO/c1-2-3-4-5-6-9-12-18-13-16(19)14-10-7-8-11-15(14)17/h7-8,10-11,16,18-19H,2-6,9,12-13H2,1H3. The van der Waals surface area contributed by atoms with Gasteiger partial charge < -0.3 is 10.4 Å². The molecule has 0 radical (unpaired) electrons. The summed E-state index contributed by atoms with van der Waals surface area (Å²) < 4.78 is 13.4. The molecule has 0 fully saturated rings. The molecule has 0 saturated heterocycles. The summed E-state index contributed by atoms with van der Waals surface area (Å²) in [4.78, 5) is 0. The van der Waals surface area contributed by atoms with Crippen molar-refractivity contribution in [2.75, 3.05) is 13.1 Å². The van der Waals surface area contributed by atoms with E-state index in [1.807, 2.05) is 0 Å². The van der Waals surface area contributed by atoms with Crippen molar-refractivity contribution >= 4 is 0 Å². The minimum Gasteiger partial charge on any atom is -0.387 e.